The highest BCUT2D eigenvalue weighted by Crippen LogP contribution is 2.20. The van der Waals surface area contributed by atoms with E-state index in [1.165, 1.54) is 13.0 Å². The molecule has 0 unspecified atom stereocenters. The molecule has 3 nitrogen and oxygen atoms in total. The molecule has 2 atom stereocenters. The second-order valence-electron chi connectivity index (χ2n) is 3.67. The lowest BCUT2D eigenvalue weighted by Crippen LogP contribution is -2.47. The molecule has 0 saturated carbocycles. The minimum atomic E-state index is 0.500. The van der Waals surface area contributed by atoms with Crippen molar-refractivity contribution in [1.29, 1.82) is 0 Å². The Morgan fingerprint density at radius 1 is 1.58 bits per heavy atom. The van der Waals surface area contributed by atoms with Crippen molar-refractivity contribution in [2.45, 2.75) is 25.5 Å². The van der Waals surface area contributed by atoms with Crippen molar-refractivity contribution in [3.63, 3.8) is 0 Å². The van der Waals surface area contributed by atoms with E-state index in [1.54, 1.807) is 0 Å². The summed E-state index contributed by atoms with van der Waals surface area (Å²) in [6, 6.07) is 0.746. The van der Waals surface area contributed by atoms with Crippen LogP contribution in [0.4, 0.5) is 0 Å². The third-order valence-electron chi connectivity index (χ3n) is 2.85. The zero-order valence-corrected chi connectivity index (χ0v) is 7.75. The Kier molecular flexibility index (Phi) is 2.63. The third kappa shape index (κ3) is 1.63. The van der Waals surface area contributed by atoms with Gasteiger partial charge in [-0.15, -0.1) is 0 Å². The van der Waals surface area contributed by atoms with Crippen molar-refractivity contribution >= 4 is 0 Å². The van der Waals surface area contributed by atoms with Crippen LogP contribution < -0.4 is 5.32 Å². The highest BCUT2D eigenvalue weighted by atomic mass is 16.5. The molecule has 2 rings (SSSR count). The number of piperazine rings is 1. The Morgan fingerprint density at radius 2 is 2.50 bits per heavy atom. The van der Waals surface area contributed by atoms with E-state index in [1.807, 2.05) is 0 Å². The number of nitrogens with zero attached hydrogens (tertiary/aromatic N) is 1. The lowest BCUT2D eigenvalue weighted by molar-refractivity contribution is 0.0691. The molecule has 70 valence electrons. The van der Waals surface area contributed by atoms with Gasteiger partial charge >= 0.3 is 0 Å². The first-order chi connectivity index (χ1) is 5.90. The van der Waals surface area contributed by atoms with Crippen molar-refractivity contribution in [3.05, 3.63) is 0 Å². The van der Waals surface area contributed by atoms with Crippen LogP contribution in [0.2, 0.25) is 0 Å². The molecule has 3 heteroatoms. The third-order valence-corrected chi connectivity index (χ3v) is 2.85. The summed E-state index contributed by atoms with van der Waals surface area (Å²) in [4.78, 5) is 2.55. The summed E-state index contributed by atoms with van der Waals surface area (Å²) >= 11 is 0. The van der Waals surface area contributed by atoms with E-state index in [0.717, 1.165) is 32.3 Å². The standard InChI is InChI=1S/C9H18N2O/c1-2-12-9-5-8-6-10-3-4-11(8)7-9/h8-10H,2-7H2,1H3/t8-,9+/m1/s1. The normalized spacial score (nSPS) is 36.8. The molecule has 0 aromatic heterocycles. The van der Waals surface area contributed by atoms with E-state index in [0.29, 0.717) is 6.10 Å². The second kappa shape index (κ2) is 3.73. The Balaban J connectivity index is 1.85. The van der Waals surface area contributed by atoms with Gasteiger partial charge in [0.2, 0.25) is 0 Å². The van der Waals surface area contributed by atoms with Crippen LogP contribution in [0, 0.1) is 0 Å². The molecule has 1 N–H and O–H groups in total. The molecule has 2 heterocycles. The molecular formula is C9H18N2O. The van der Waals surface area contributed by atoms with Crippen LogP contribution in [0.3, 0.4) is 0 Å². The Hall–Kier alpha value is -0.120. The Morgan fingerprint density at radius 3 is 3.25 bits per heavy atom. The second-order valence-corrected chi connectivity index (χ2v) is 3.67. The minimum absolute atomic E-state index is 0.500. The summed E-state index contributed by atoms with van der Waals surface area (Å²) in [6.45, 7) is 7.60. The summed E-state index contributed by atoms with van der Waals surface area (Å²) in [5, 5.41) is 3.42. The van der Waals surface area contributed by atoms with Crippen LogP contribution in [-0.2, 0) is 4.74 Å². The molecule has 2 fully saturated rings. The number of hydrogen-bond acceptors (Lipinski definition) is 3. The van der Waals surface area contributed by atoms with Gasteiger partial charge in [-0.1, -0.05) is 0 Å². The fourth-order valence-electron chi connectivity index (χ4n) is 2.27. The smallest absolute Gasteiger partial charge is 0.0717 e. The maximum atomic E-state index is 5.63. The predicted molar refractivity (Wildman–Crippen MR) is 48.3 cm³/mol. The Labute approximate surface area is 74.1 Å². The van der Waals surface area contributed by atoms with E-state index < -0.39 is 0 Å². The largest absolute Gasteiger partial charge is 0.377 e. The van der Waals surface area contributed by atoms with Crippen molar-refractivity contribution < 1.29 is 4.74 Å². The summed E-state index contributed by atoms with van der Waals surface area (Å²) in [7, 11) is 0. The van der Waals surface area contributed by atoms with Crippen molar-refractivity contribution in [2.75, 3.05) is 32.8 Å². The first kappa shape index (κ1) is 8.48. The highest BCUT2D eigenvalue weighted by molar-refractivity contribution is 4.90. The monoisotopic (exact) mass is 170 g/mol. The van der Waals surface area contributed by atoms with Crippen LogP contribution in [-0.4, -0.2) is 49.8 Å². The van der Waals surface area contributed by atoms with Crippen LogP contribution >= 0.6 is 0 Å². The van der Waals surface area contributed by atoms with Gasteiger partial charge in [-0.3, -0.25) is 4.90 Å². The molecule has 12 heavy (non-hydrogen) atoms. The van der Waals surface area contributed by atoms with Gasteiger partial charge in [0.1, 0.15) is 0 Å². The van der Waals surface area contributed by atoms with Crippen LogP contribution in [0.1, 0.15) is 13.3 Å². The average Bonchev–Trinajstić information content (AvgIpc) is 2.47. The van der Waals surface area contributed by atoms with Gasteiger partial charge in [0.05, 0.1) is 6.10 Å². The predicted octanol–water partition coefficient (Wildman–Crippen LogP) is 0.0690. The summed E-state index contributed by atoms with van der Waals surface area (Å²) in [5.74, 6) is 0. The number of fused-ring (bicyclic) bond motifs is 1. The summed E-state index contributed by atoms with van der Waals surface area (Å²) in [6.07, 6.45) is 1.72. The molecular weight excluding hydrogens is 152 g/mol. The van der Waals surface area contributed by atoms with Crippen LogP contribution in [0.5, 0.6) is 0 Å². The van der Waals surface area contributed by atoms with Crippen molar-refractivity contribution in [1.82, 2.24) is 10.2 Å². The maximum Gasteiger partial charge on any atom is 0.0717 e. The van der Waals surface area contributed by atoms with Gasteiger partial charge in [-0.2, -0.15) is 0 Å². The molecule has 2 aliphatic rings. The van der Waals surface area contributed by atoms with Gasteiger partial charge in [0.25, 0.3) is 0 Å². The van der Waals surface area contributed by atoms with E-state index >= 15 is 0 Å². The molecule has 0 radical (unpaired) electrons. The summed E-state index contributed by atoms with van der Waals surface area (Å²) < 4.78 is 5.63. The van der Waals surface area contributed by atoms with E-state index in [2.05, 4.69) is 17.1 Å². The van der Waals surface area contributed by atoms with Crippen LogP contribution in [0.25, 0.3) is 0 Å². The molecule has 0 aliphatic carbocycles. The zero-order chi connectivity index (χ0) is 8.39. The van der Waals surface area contributed by atoms with Crippen molar-refractivity contribution in [3.8, 4) is 0 Å². The summed E-state index contributed by atoms with van der Waals surface area (Å²) in [5.41, 5.74) is 0. The SMILES string of the molecule is CCO[C@H]1C[C@@H]2CNCCN2C1. The van der Waals surface area contributed by atoms with E-state index in [9.17, 15) is 0 Å². The molecule has 0 amide bonds. The maximum absolute atomic E-state index is 5.63. The average molecular weight is 170 g/mol. The Bertz CT molecular complexity index is 137. The van der Waals surface area contributed by atoms with Gasteiger partial charge in [-0.25, -0.2) is 0 Å². The number of nitrogens with one attached hydrogen (secondary N) is 1. The van der Waals surface area contributed by atoms with E-state index in [-0.39, 0.29) is 0 Å². The van der Waals surface area contributed by atoms with Gasteiger partial charge in [-0.05, 0) is 13.3 Å². The topological polar surface area (TPSA) is 24.5 Å². The molecule has 2 aliphatic heterocycles. The number of rotatable bonds is 2. The molecule has 0 aromatic carbocycles. The van der Waals surface area contributed by atoms with Crippen molar-refractivity contribution in [2.24, 2.45) is 0 Å². The molecule has 0 aromatic rings. The minimum Gasteiger partial charge on any atom is -0.377 e. The number of hydrogen-bond donors (Lipinski definition) is 1. The number of ether oxygens (including phenoxy) is 1. The molecule has 0 bridgehead atoms. The highest BCUT2D eigenvalue weighted by Gasteiger charge is 2.33. The van der Waals surface area contributed by atoms with Crippen LogP contribution in [0.15, 0.2) is 0 Å². The quantitative estimate of drug-likeness (QED) is 0.634. The lowest BCUT2D eigenvalue weighted by atomic mass is 10.2. The first-order valence-electron chi connectivity index (χ1n) is 4.96. The van der Waals surface area contributed by atoms with Gasteiger partial charge in [0, 0.05) is 38.8 Å². The fraction of sp³-hybridized carbons (Fsp3) is 1.00. The molecule has 0 spiro atoms. The first-order valence-corrected chi connectivity index (χ1v) is 4.96. The van der Waals surface area contributed by atoms with Gasteiger partial charge < -0.3 is 10.1 Å². The molecule has 2 saturated heterocycles. The zero-order valence-electron chi connectivity index (χ0n) is 7.75. The van der Waals surface area contributed by atoms with E-state index in [4.69, 9.17) is 4.74 Å². The lowest BCUT2D eigenvalue weighted by Gasteiger charge is -2.29. The van der Waals surface area contributed by atoms with Gasteiger partial charge in [0.15, 0.2) is 0 Å². The fourth-order valence-corrected chi connectivity index (χ4v) is 2.27.